The van der Waals surface area contributed by atoms with Gasteiger partial charge >= 0.3 is 0 Å². The molecule has 0 fully saturated rings. The third kappa shape index (κ3) is 4.09. The Morgan fingerprint density at radius 1 is 0.696 bits per heavy atom. The van der Waals surface area contributed by atoms with Crippen molar-refractivity contribution in [3.8, 4) is 11.5 Å². The zero-order valence-corrected chi connectivity index (χ0v) is 15.2. The topological polar surface area (TPSA) is 26.3 Å². The quantitative estimate of drug-likeness (QED) is 0.457. The second-order valence-corrected chi connectivity index (χ2v) is 6.76. The molecule has 0 radical (unpaired) electrons. The van der Waals surface area contributed by atoms with Gasteiger partial charge < -0.3 is 4.74 Å². The van der Waals surface area contributed by atoms with E-state index in [2.05, 4.69) is 31.9 Å². The molecule has 0 aliphatic rings. The Bertz CT molecular complexity index is 859. The van der Waals surface area contributed by atoms with Gasteiger partial charge in [-0.3, -0.25) is 4.79 Å². The maximum absolute atomic E-state index is 12.6. The van der Waals surface area contributed by atoms with Gasteiger partial charge in [-0.15, -0.1) is 0 Å². The summed E-state index contributed by atoms with van der Waals surface area (Å²) in [6.45, 7) is 0. The van der Waals surface area contributed by atoms with Crippen LogP contribution in [0, 0.1) is 0 Å². The normalized spacial score (nSPS) is 10.3. The summed E-state index contributed by atoms with van der Waals surface area (Å²) in [4.78, 5) is 12.6. The first-order valence-corrected chi connectivity index (χ1v) is 8.54. The van der Waals surface area contributed by atoms with Gasteiger partial charge in [0.05, 0.1) is 0 Å². The first kappa shape index (κ1) is 16.0. The highest BCUT2D eigenvalue weighted by Crippen LogP contribution is 2.26. The number of rotatable bonds is 4. The number of hydrogen-bond acceptors (Lipinski definition) is 2. The van der Waals surface area contributed by atoms with Crippen molar-refractivity contribution in [2.75, 3.05) is 0 Å². The molecule has 3 aromatic carbocycles. The van der Waals surface area contributed by atoms with E-state index in [9.17, 15) is 4.79 Å². The van der Waals surface area contributed by atoms with Gasteiger partial charge in [0.25, 0.3) is 0 Å². The molecule has 0 unspecified atom stereocenters. The van der Waals surface area contributed by atoms with Crippen LogP contribution < -0.4 is 4.74 Å². The van der Waals surface area contributed by atoms with Crippen molar-refractivity contribution in [1.82, 2.24) is 0 Å². The molecule has 3 aromatic rings. The van der Waals surface area contributed by atoms with E-state index in [0.29, 0.717) is 22.6 Å². The third-order valence-corrected chi connectivity index (χ3v) is 4.20. The molecule has 23 heavy (non-hydrogen) atoms. The monoisotopic (exact) mass is 430 g/mol. The van der Waals surface area contributed by atoms with Crippen LogP contribution in [0.3, 0.4) is 0 Å². The highest BCUT2D eigenvalue weighted by Gasteiger charge is 2.10. The number of ether oxygens (including phenoxy) is 1. The van der Waals surface area contributed by atoms with Crippen molar-refractivity contribution in [3.63, 3.8) is 0 Å². The molecule has 0 spiro atoms. The molecule has 0 atom stereocenters. The maximum Gasteiger partial charge on any atom is 0.193 e. The Labute approximate surface area is 151 Å². The average molecular weight is 432 g/mol. The second kappa shape index (κ2) is 7.11. The van der Waals surface area contributed by atoms with E-state index in [-0.39, 0.29) is 5.78 Å². The number of carbonyl (C=O) groups is 1. The lowest BCUT2D eigenvalue weighted by atomic mass is 10.0. The van der Waals surface area contributed by atoms with E-state index in [4.69, 9.17) is 4.74 Å². The number of benzene rings is 3. The van der Waals surface area contributed by atoms with Gasteiger partial charge in [-0.25, -0.2) is 0 Å². The minimum Gasteiger partial charge on any atom is -0.457 e. The lowest BCUT2D eigenvalue weighted by Gasteiger charge is -2.08. The average Bonchev–Trinajstić information content (AvgIpc) is 2.54. The van der Waals surface area contributed by atoms with Gasteiger partial charge in [-0.2, -0.15) is 0 Å². The van der Waals surface area contributed by atoms with Crippen molar-refractivity contribution in [1.29, 1.82) is 0 Å². The number of ketones is 1. The van der Waals surface area contributed by atoms with Gasteiger partial charge in [-0.05, 0) is 42.5 Å². The smallest absolute Gasteiger partial charge is 0.193 e. The summed E-state index contributed by atoms with van der Waals surface area (Å²) in [7, 11) is 0. The molecule has 0 saturated heterocycles. The molecule has 0 N–H and O–H groups in total. The SMILES string of the molecule is O=C(c1cccc(Br)c1)c1cccc(Oc2cccc(Br)c2)c1. The molecule has 0 aliphatic heterocycles. The molecule has 4 heteroatoms. The lowest BCUT2D eigenvalue weighted by Crippen LogP contribution is -2.01. The predicted octanol–water partition coefficient (Wildman–Crippen LogP) is 6.23. The third-order valence-electron chi connectivity index (χ3n) is 3.21. The summed E-state index contributed by atoms with van der Waals surface area (Å²) in [6, 6.07) is 22.1. The van der Waals surface area contributed by atoms with E-state index < -0.39 is 0 Å². The first-order valence-electron chi connectivity index (χ1n) is 6.95. The molecule has 0 amide bonds. The lowest BCUT2D eigenvalue weighted by molar-refractivity contribution is 0.103. The van der Waals surface area contributed by atoms with Crippen LogP contribution in [0.15, 0.2) is 81.7 Å². The number of carbonyl (C=O) groups excluding carboxylic acids is 1. The predicted molar refractivity (Wildman–Crippen MR) is 98.2 cm³/mol. The molecule has 0 saturated carbocycles. The zero-order chi connectivity index (χ0) is 16.2. The van der Waals surface area contributed by atoms with E-state index >= 15 is 0 Å². The second-order valence-electron chi connectivity index (χ2n) is 4.93. The van der Waals surface area contributed by atoms with Crippen molar-refractivity contribution >= 4 is 37.6 Å². The molecule has 0 heterocycles. The largest absolute Gasteiger partial charge is 0.457 e. The molecule has 114 valence electrons. The summed E-state index contributed by atoms with van der Waals surface area (Å²) in [6.07, 6.45) is 0. The van der Waals surface area contributed by atoms with Crippen LogP contribution in [0.25, 0.3) is 0 Å². The molecule has 3 rings (SSSR count). The minimum atomic E-state index is -0.0361. The summed E-state index contributed by atoms with van der Waals surface area (Å²) in [5.74, 6) is 1.31. The van der Waals surface area contributed by atoms with Crippen LogP contribution in [0.5, 0.6) is 11.5 Å². The van der Waals surface area contributed by atoms with Crippen molar-refractivity contribution in [3.05, 3.63) is 92.9 Å². The van der Waals surface area contributed by atoms with Gasteiger partial charge in [0, 0.05) is 20.1 Å². The Kier molecular flexibility index (Phi) is 4.94. The van der Waals surface area contributed by atoms with E-state index in [0.717, 1.165) is 8.95 Å². The highest BCUT2D eigenvalue weighted by atomic mass is 79.9. The van der Waals surface area contributed by atoms with Crippen molar-refractivity contribution < 1.29 is 9.53 Å². The molecular weight excluding hydrogens is 420 g/mol. The molecule has 0 aromatic heterocycles. The van der Waals surface area contributed by atoms with Crippen molar-refractivity contribution in [2.24, 2.45) is 0 Å². The van der Waals surface area contributed by atoms with Crippen LogP contribution in [-0.4, -0.2) is 5.78 Å². The van der Waals surface area contributed by atoms with Crippen LogP contribution >= 0.6 is 31.9 Å². The number of halogens is 2. The summed E-state index contributed by atoms with van der Waals surface area (Å²) >= 11 is 6.80. The molecular formula is C19H12Br2O2. The maximum atomic E-state index is 12.6. The van der Waals surface area contributed by atoms with E-state index in [1.165, 1.54) is 0 Å². The van der Waals surface area contributed by atoms with Crippen LogP contribution in [0.1, 0.15) is 15.9 Å². The fraction of sp³-hybridized carbons (Fsp3) is 0. The van der Waals surface area contributed by atoms with Crippen LogP contribution in [0.4, 0.5) is 0 Å². The summed E-state index contributed by atoms with van der Waals surface area (Å²) in [5.41, 5.74) is 1.23. The Hall–Kier alpha value is -1.91. The Morgan fingerprint density at radius 3 is 1.87 bits per heavy atom. The summed E-state index contributed by atoms with van der Waals surface area (Å²) < 4.78 is 7.64. The van der Waals surface area contributed by atoms with Gasteiger partial charge in [0.1, 0.15) is 11.5 Å². The molecule has 0 aliphatic carbocycles. The van der Waals surface area contributed by atoms with Gasteiger partial charge in [0.15, 0.2) is 5.78 Å². The van der Waals surface area contributed by atoms with Gasteiger partial charge in [-0.1, -0.05) is 62.2 Å². The van der Waals surface area contributed by atoms with E-state index in [1.54, 1.807) is 18.2 Å². The Morgan fingerprint density at radius 2 is 1.22 bits per heavy atom. The van der Waals surface area contributed by atoms with Gasteiger partial charge in [0.2, 0.25) is 0 Å². The van der Waals surface area contributed by atoms with E-state index in [1.807, 2.05) is 54.6 Å². The fourth-order valence-corrected chi connectivity index (χ4v) is 2.94. The van der Waals surface area contributed by atoms with Crippen LogP contribution in [0.2, 0.25) is 0 Å². The molecule has 0 bridgehead atoms. The standard InChI is InChI=1S/C19H12Br2O2/c20-15-6-1-4-13(10-15)19(22)14-5-2-8-17(11-14)23-18-9-3-7-16(21)12-18/h1-12H. The van der Waals surface area contributed by atoms with Crippen LogP contribution in [-0.2, 0) is 0 Å². The first-order chi connectivity index (χ1) is 11.1. The fourth-order valence-electron chi connectivity index (χ4n) is 2.16. The zero-order valence-electron chi connectivity index (χ0n) is 12.0. The van der Waals surface area contributed by atoms with Crippen molar-refractivity contribution in [2.45, 2.75) is 0 Å². The summed E-state index contributed by atoms with van der Waals surface area (Å²) in [5, 5.41) is 0. The number of hydrogen-bond donors (Lipinski definition) is 0. The highest BCUT2D eigenvalue weighted by molar-refractivity contribution is 9.10. The Balaban J connectivity index is 1.86. The minimum absolute atomic E-state index is 0.0361. The molecule has 2 nitrogen and oxygen atoms in total.